The van der Waals surface area contributed by atoms with Crippen LogP contribution in [0.1, 0.15) is 329 Å². The molecule has 0 rings (SSSR count). The van der Waals surface area contributed by atoms with Crippen LogP contribution in [0, 0.1) is 0 Å². The molecule has 18 heteroatoms. The molecule has 0 radical (unpaired) electrons. The smallest absolute Gasteiger partial charge is 0.819 e. The molecule has 0 saturated heterocycles. The number of hydrogen-bond donors (Lipinski definition) is 0. The van der Waals surface area contributed by atoms with Crippen molar-refractivity contribution in [1.29, 1.82) is 0 Å². The first kappa shape index (κ1) is 84.3. The summed E-state index contributed by atoms with van der Waals surface area (Å²) in [6, 6.07) is 0. The Morgan fingerprint density at radius 2 is 0.361 bits per heavy atom. The third-order valence-electron chi connectivity index (χ3n) is 12.7. The molecule has 0 saturated carbocycles. The van der Waals surface area contributed by atoms with Crippen molar-refractivity contribution in [3.05, 3.63) is 0 Å². The van der Waals surface area contributed by atoms with Crippen LogP contribution in [0.2, 0.25) is 0 Å². The fourth-order valence-corrected chi connectivity index (χ4v) is 10.9. The molecule has 0 aromatic heterocycles. The standard InChI is InChI=1S/3C18H39O2PS2.Mo.OS/c3*1-2-3-4-5-6-7-8-9-10-11-12-13-14-15-16-17-18-20-21(19,22)23;;1-2/h3*2-18H2,1H3,(H2,19,22,23);;/q;;;+6;/p-6. The van der Waals surface area contributed by atoms with Crippen LogP contribution >= 0.6 is 17.1 Å². The van der Waals surface area contributed by atoms with Gasteiger partial charge in [0, 0.05) is 19.8 Å². The van der Waals surface area contributed by atoms with Crippen LogP contribution in [0.15, 0.2) is 0 Å². The summed E-state index contributed by atoms with van der Waals surface area (Å²) >= 11 is 30.1. The Morgan fingerprint density at radius 1 is 0.264 bits per heavy atom. The monoisotopic (exact) mass is 1290 g/mol. The fourth-order valence-electron chi connectivity index (χ4n) is 8.48. The van der Waals surface area contributed by atoms with Gasteiger partial charge < -0.3 is 65.0 Å². The first-order valence-electron chi connectivity index (χ1n) is 29.3. The molecule has 0 heterocycles. The number of rotatable bonds is 54. The van der Waals surface area contributed by atoms with Gasteiger partial charge in [0.25, 0.3) is 0 Å². The normalized spacial score (nSPS) is 13.5. The Balaban J connectivity index is -0.000000304. The van der Waals surface area contributed by atoms with Gasteiger partial charge in [-0.25, -0.2) is 0 Å². The van der Waals surface area contributed by atoms with Gasteiger partial charge in [-0.05, 0) is 19.3 Å². The predicted molar refractivity (Wildman–Crippen MR) is 330 cm³/mol. The van der Waals surface area contributed by atoms with Crippen molar-refractivity contribution in [3.8, 4) is 0 Å². The van der Waals surface area contributed by atoms with Crippen LogP contribution in [0.4, 0.5) is 0 Å². The summed E-state index contributed by atoms with van der Waals surface area (Å²) in [5.74, 6) is 0. The average Bonchev–Trinajstić information content (AvgIpc) is 3.32. The molecule has 7 nitrogen and oxygen atoms in total. The summed E-state index contributed by atoms with van der Waals surface area (Å²) < 4.78 is 22.6. The Morgan fingerprint density at radius 3 is 0.458 bits per heavy atom. The van der Waals surface area contributed by atoms with E-state index in [1.54, 1.807) is 0 Å². The molecule has 0 aromatic rings. The van der Waals surface area contributed by atoms with E-state index in [1.807, 2.05) is 0 Å². The SMILES string of the molecule is CCCCCCCCCCCCCCCCCCOP([O-])(=S)[S-].CCCCCCCCCCCCCCCCCCOP([O-])(=S)[S-].CCCCCCCCCCCCCCCCCCOP([O-])(=S)[S-].O=S.[Mo+6]. The van der Waals surface area contributed by atoms with E-state index in [0.29, 0.717) is 19.8 Å². The van der Waals surface area contributed by atoms with Crippen LogP contribution < -0.4 is 14.7 Å². The van der Waals surface area contributed by atoms with E-state index >= 15 is 0 Å². The van der Waals surface area contributed by atoms with Gasteiger partial charge in [-0.15, -0.1) is 52.5 Å². The van der Waals surface area contributed by atoms with Gasteiger partial charge >= 0.3 is 21.1 Å². The predicted octanol–water partition coefficient (Wildman–Crippen LogP) is 18.8. The minimum absolute atomic E-state index is 0. The van der Waals surface area contributed by atoms with Crippen molar-refractivity contribution >= 4 is 102 Å². The van der Waals surface area contributed by atoms with Gasteiger partial charge in [0.15, 0.2) is 12.5 Å². The zero-order chi connectivity index (χ0) is 53.7. The molecule has 0 aliphatic rings. The van der Waals surface area contributed by atoms with E-state index in [0.717, 1.165) is 38.5 Å². The van der Waals surface area contributed by atoms with Gasteiger partial charge in [0.05, 0.1) is 0 Å². The number of unbranched alkanes of at least 4 members (excludes halogenated alkanes) is 45. The molecule has 0 amide bonds. The van der Waals surface area contributed by atoms with Gasteiger partial charge in [-0.1, -0.05) is 310 Å². The van der Waals surface area contributed by atoms with Gasteiger partial charge in [0.2, 0.25) is 0 Å². The Bertz CT molecular complexity index is 1010. The average molecular weight is 1290 g/mol. The van der Waals surface area contributed by atoms with E-state index in [9.17, 15) is 14.7 Å². The second kappa shape index (κ2) is 70.6. The Kier molecular flexibility index (Phi) is 82.6. The first-order chi connectivity index (χ1) is 34.2. The van der Waals surface area contributed by atoms with E-state index in [4.69, 9.17) is 17.8 Å². The molecule has 432 valence electrons. The van der Waals surface area contributed by atoms with E-state index in [1.165, 1.54) is 270 Å². The fraction of sp³-hybridized carbons (Fsp3) is 1.00. The maximum Gasteiger partial charge on any atom is 6.00 e. The second-order valence-electron chi connectivity index (χ2n) is 19.8. The molecule has 0 aromatic carbocycles. The number of hydrogen-bond acceptors (Lipinski definition) is 14. The minimum Gasteiger partial charge on any atom is -0.819 e. The molecule has 3 unspecified atom stereocenters. The summed E-state index contributed by atoms with van der Waals surface area (Å²) in [6.07, 6.45) is 64.5. The van der Waals surface area contributed by atoms with E-state index in [-0.39, 0.29) is 21.1 Å². The van der Waals surface area contributed by atoms with Crippen molar-refractivity contribution < 1.29 is 53.5 Å². The quantitative estimate of drug-likeness (QED) is 0.0249. The van der Waals surface area contributed by atoms with Gasteiger partial charge in [0.1, 0.15) is 0 Å². The molecule has 0 fully saturated rings. The molecular formula is C54H111MoO7P3S7. The van der Waals surface area contributed by atoms with Crippen LogP contribution in [0.25, 0.3) is 0 Å². The summed E-state index contributed by atoms with van der Waals surface area (Å²) in [5.41, 5.74) is -9.27. The van der Waals surface area contributed by atoms with Gasteiger partial charge in [-0.2, -0.15) is 4.21 Å². The van der Waals surface area contributed by atoms with E-state index < -0.39 is 17.1 Å². The molecule has 0 bridgehead atoms. The van der Waals surface area contributed by atoms with Crippen molar-refractivity contribution in [2.24, 2.45) is 0 Å². The van der Waals surface area contributed by atoms with Crippen LogP contribution in [0.3, 0.4) is 0 Å². The summed E-state index contributed by atoms with van der Waals surface area (Å²) in [7, 11) is 0. The maximum absolute atomic E-state index is 11.0. The van der Waals surface area contributed by atoms with E-state index in [2.05, 4.69) is 105 Å². The Hall–Kier alpha value is 3.47. The van der Waals surface area contributed by atoms with Crippen molar-refractivity contribution in [2.45, 2.75) is 329 Å². The third-order valence-corrected chi connectivity index (χ3v) is 16.1. The maximum atomic E-state index is 11.0. The minimum atomic E-state index is -3.09. The van der Waals surface area contributed by atoms with Crippen molar-refractivity contribution in [1.82, 2.24) is 0 Å². The molecule has 3 atom stereocenters. The Labute approximate surface area is 499 Å². The molecular weight excluding hydrogens is 1170 g/mol. The largest absolute Gasteiger partial charge is 6.00 e. The first-order valence-corrected chi connectivity index (χ1v) is 40.6. The summed E-state index contributed by atoms with van der Waals surface area (Å²) in [6.45, 7) is 8.21. The molecule has 0 N–H and O–H groups in total. The summed E-state index contributed by atoms with van der Waals surface area (Å²) in [4.78, 5) is 32.9. The molecule has 72 heavy (non-hydrogen) atoms. The topological polar surface area (TPSA) is 114 Å². The zero-order valence-corrected chi connectivity index (χ0v) is 56.9. The molecule has 0 spiro atoms. The second-order valence-corrected chi connectivity index (χ2v) is 33.9. The molecule has 0 aliphatic heterocycles. The van der Waals surface area contributed by atoms with Crippen molar-refractivity contribution in [3.63, 3.8) is 0 Å². The van der Waals surface area contributed by atoms with Crippen LogP contribution in [-0.2, 0) is 119 Å². The molecule has 0 aliphatic carbocycles. The van der Waals surface area contributed by atoms with Crippen LogP contribution in [-0.4, -0.2) is 24.0 Å². The van der Waals surface area contributed by atoms with Gasteiger partial charge in [-0.3, -0.25) is 0 Å². The summed E-state index contributed by atoms with van der Waals surface area (Å²) in [5, 5.41) is 0. The zero-order valence-electron chi connectivity index (χ0n) is 46.5. The third kappa shape index (κ3) is 95.8. The van der Waals surface area contributed by atoms with Crippen LogP contribution in [0.5, 0.6) is 0 Å². The van der Waals surface area contributed by atoms with Crippen molar-refractivity contribution in [2.75, 3.05) is 19.8 Å².